The highest BCUT2D eigenvalue weighted by Crippen LogP contribution is 2.37. The van der Waals surface area contributed by atoms with Crippen LogP contribution in [0, 0.1) is 5.92 Å². The van der Waals surface area contributed by atoms with Gasteiger partial charge in [-0.2, -0.15) is 0 Å². The van der Waals surface area contributed by atoms with Gasteiger partial charge in [0.1, 0.15) is 6.10 Å². The quantitative estimate of drug-likeness (QED) is 0.247. The average Bonchev–Trinajstić information content (AvgIpc) is 2.91. The van der Waals surface area contributed by atoms with Gasteiger partial charge in [-0.3, -0.25) is 9.59 Å². The van der Waals surface area contributed by atoms with Crippen molar-refractivity contribution in [2.75, 3.05) is 0 Å². The second-order valence-electron chi connectivity index (χ2n) is 9.70. The molecule has 0 radical (unpaired) electrons. The summed E-state index contributed by atoms with van der Waals surface area (Å²) in [7, 11) is 0. The van der Waals surface area contributed by atoms with Crippen molar-refractivity contribution in [2.24, 2.45) is 5.92 Å². The first kappa shape index (κ1) is 24.5. The molecule has 2 aliphatic rings. The smallest absolute Gasteiger partial charge is 0.338 e. The molecule has 0 N–H and O–H groups in total. The Morgan fingerprint density at radius 2 is 1.50 bits per heavy atom. The third-order valence-electron chi connectivity index (χ3n) is 7.27. The highest BCUT2D eigenvalue weighted by Gasteiger charge is 2.31. The number of hydrogen-bond donors (Lipinski definition) is 0. The number of unbranched alkanes of at least 4 members (excludes halogenated alkanes) is 1. The van der Waals surface area contributed by atoms with Crippen LogP contribution < -0.4 is 0 Å². The van der Waals surface area contributed by atoms with Crippen LogP contribution in [0.3, 0.4) is 0 Å². The van der Waals surface area contributed by atoms with Crippen LogP contribution in [0.15, 0.2) is 76.5 Å². The topological polar surface area (TPSA) is 60.4 Å². The Morgan fingerprint density at radius 1 is 0.833 bits per heavy atom. The zero-order chi connectivity index (χ0) is 25.1. The first-order chi connectivity index (χ1) is 17.5. The van der Waals surface area contributed by atoms with Gasteiger partial charge in [-0.05, 0) is 61.9 Å². The van der Waals surface area contributed by atoms with Crippen molar-refractivity contribution in [1.82, 2.24) is 0 Å². The van der Waals surface area contributed by atoms with Gasteiger partial charge in [0, 0.05) is 32.0 Å². The molecule has 0 saturated heterocycles. The lowest BCUT2D eigenvalue weighted by atomic mass is 9.84. The van der Waals surface area contributed by atoms with E-state index in [0.29, 0.717) is 27.8 Å². The first-order valence-corrected chi connectivity index (χ1v) is 13.7. The molecular formula is C31H30O4S. The third-order valence-corrected chi connectivity index (χ3v) is 8.33. The summed E-state index contributed by atoms with van der Waals surface area (Å²) in [6, 6.07) is 19.6. The van der Waals surface area contributed by atoms with Gasteiger partial charge in [0.05, 0.1) is 5.56 Å². The molecule has 1 saturated carbocycles. The van der Waals surface area contributed by atoms with E-state index >= 15 is 0 Å². The summed E-state index contributed by atoms with van der Waals surface area (Å²) >= 11 is 1.42. The molecule has 3 aromatic rings. The van der Waals surface area contributed by atoms with Crippen molar-refractivity contribution in [1.29, 1.82) is 0 Å². The normalized spacial score (nSPS) is 18.9. The zero-order valence-electron chi connectivity index (χ0n) is 20.5. The summed E-state index contributed by atoms with van der Waals surface area (Å²) in [4.78, 5) is 40.6. The molecule has 0 bridgehead atoms. The highest BCUT2D eigenvalue weighted by molar-refractivity contribution is 7.99. The summed E-state index contributed by atoms with van der Waals surface area (Å²) in [6.07, 6.45) is 7.98. The molecule has 0 heterocycles. The van der Waals surface area contributed by atoms with Crippen molar-refractivity contribution in [2.45, 2.75) is 67.8 Å². The van der Waals surface area contributed by atoms with Gasteiger partial charge in [0.25, 0.3) is 0 Å². The Hall–Kier alpha value is -3.18. The summed E-state index contributed by atoms with van der Waals surface area (Å²) < 4.78 is 5.79. The Morgan fingerprint density at radius 3 is 2.19 bits per heavy atom. The first-order valence-electron chi connectivity index (χ1n) is 12.9. The average molecular weight is 499 g/mol. The molecule has 0 amide bonds. The zero-order valence-corrected chi connectivity index (χ0v) is 21.3. The maximum atomic E-state index is 13.2. The number of carbonyl (C=O) groups is 3. The molecule has 0 spiro atoms. The molecule has 5 heteroatoms. The molecule has 36 heavy (non-hydrogen) atoms. The van der Waals surface area contributed by atoms with E-state index in [0.717, 1.165) is 41.4 Å². The molecule has 0 aromatic heterocycles. The number of esters is 1. The van der Waals surface area contributed by atoms with Crippen LogP contribution in [0.2, 0.25) is 0 Å². The van der Waals surface area contributed by atoms with Crippen molar-refractivity contribution in [3.05, 3.63) is 94.5 Å². The standard InChI is InChI=1S/C31H30O4S/c1-2-3-7-20-12-16-22(17-13-20)35-31(34)21-14-18-23(19-15-21)36-27-11-6-10-26-28(27)30(33)25-9-5-4-8-24(25)29(26)32/h4-6,8-11,14-15,18-20,22H,2-3,7,12-13,16-17H2,1H3. The van der Waals surface area contributed by atoms with Crippen LogP contribution in [0.5, 0.6) is 0 Å². The van der Waals surface area contributed by atoms with Crippen LogP contribution in [0.1, 0.15) is 94.1 Å². The van der Waals surface area contributed by atoms with Gasteiger partial charge in [-0.25, -0.2) is 4.79 Å². The van der Waals surface area contributed by atoms with Crippen molar-refractivity contribution in [3.63, 3.8) is 0 Å². The number of ether oxygens (including phenoxy) is 1. The van der Waals surface area contributed by atoms with E-state index in [4.69, 9.17) is 4.74 Å². The van der Waals surface area contributed by atoms with E-state index in [-0.39, 0.29) is 23.6 Å². The van der Waals surface area contributed by atoms with E-state index in [2.05, 4.69) is 6.92 Å². The maximum absolute atomic E-state index is 13.2. The predicted octanol–water partition coefficient (Wildman–Crippen LogP) is 7.52. The van der Waals surface area contributed by atoms with Crippen LogP contribution in [0.4, 0.5) is 0 Å². The SMILES string of the molecule is CCCCC1CCC(OC(=O)c2ccc(Sc3cccc4c3C(=O)c3ccccc3C4=O)cc2)CC1. The van der Waals surface area contributed by atoms with Gasteiger partial charge in [-0.15, -0.1) is 0 Å². The fourth-order valence-electron chi connectivity index (χ4n) is 5.24. The third kappa shape index (κ3) is 5.03. The van der Waals surface area contributed by atoms with E-state index in [1.54, 1.807) is 42.5 Å². The van der Waals surface area contributed by atoms with E-state index < -0.39 is 0 Å². The minimum atomic E-state index is -0.280. The summed E-state index contributed by atoms with van der Waals surface area (Å²) in [5.41, 5.74) is 2.32. The lowest BCUT2D eigenvalue weighted by Crippen LogP contribution is -2.24. The Labute approximate surface area is 216 Å². The molecule has 4 nitrogen and oxygen atoms in total. The van der Waals surface area contributed by atoms with Crippen LogP contribution in [-0.2, 0) is 4.74 Å². The van der Waals surface area contributed by atoms with E-state index in [9.17, 15) is 14.4 Å². The van der Waals surface area contributed by atoms with Crippen molar-refractivity contribution >= 4 is 29.3 Å². The van der Waals surface area contributed by atoms with E-state index in [1.807, 2.05) is 24.3 Å². The molecule has 0 atom stereocenters. The highest BCUT2D eigenvalue weighted by atomic mass is 32.2. The van der Waals surface area contributed by atoms with Crippen molar-refractivity contribution in [3.8, 4) is 0 Å². The fourth-order valence-corrected chi connectivity index (χ4v) is 6.21. The second kappa shape index (κ2) is 10.8. The maximum Gasteiger partial charge on any atom is 0.338 e. The number of ketones is 2. The fraction of sp³-hybridized carbons (Fsp3) is 0.323. The molecule has 1 fully saturated rings. The predicted molar refractivity (Wildman–Crippen MR) is 141 cm³/mol. The second-order valence-corrected chi connectivity index (χ2v) is 10.8. The molecule has 0 unspecified atom stereocenters. The number of benzene rings is 3. The van der Waals surface area contributed by atoms with Gasteiger partial charge in [0.15, 0.2) is 11.6 Å². The Balaban J connectivity index is 1.25. The lowest BCUT2D eigenvalue weighted by molar-refractivity contribution is 0.0161. The summed E-state index contributed by atoms with van der Waals surface area (Å²) in [5, 5.41) is 0. The minimum Gasteiger partial charge on any atom is -0.459 e. The molecule has 184 valence electrons. The number of fused-ring (bicyclic) bond motifs is 2. The lowest BCUT2D eigenvalue weighted by Gasteiger charge is -2.28. The Bertz CT molecular complexity index is 1290. The minimum absolute atomic E-state index is 0.00620. The molecule has 5 rings (SSSR count). The molecule has 3 aromatic carbocycles. The van der Waals surface area contributed by atoms with Crippen molar-refractivity contribution < 1.29 is 19.1 Å². The number of hydrogen-bond acceptors (Lipinski definition) is 5. The number of carbonyl (C=O) groups excluding carboxylic acids is 3. The Kier molecular flexibility index (Phi) is 7.38. The largest absolute Gasteiger partial charge is 0.459 e. The number of rotatable bonds is 7. The van der Waals surface area contributed by atoms with Crippen LogP contribution >= 0.6 is 11.8 Å². The van der Waals surface area contributed by atoms with Gasteiger partial charge in [-0.1, -0.05) is 74.3 Å². The monoisotopic (exact) mass is 498 g/mol. The molecular weight excluding hydrogens is 468 g/mol. The van der Waals surface area contributed by atoms with E-state index in [1.165, 1.54) is 31.0 Å². The molecule has 0 aliphatic heterocycles. The summed E-state index contributed by atoms with van der Waals surface area (Å²) in [6.45, 7) is 2.23. The van der Waals surface area contributed by atoms with Gasteiger partial charge in [0.2, 0.25) is 0 Å². The molecule has 2 aliphatic carbocycles. The van der Waals surface area contributed by atoms with Crippen LogP contribution in [0.25, 0.3) is 0 Å². The van der Waals surface area contributed by atoms with Gasteiger partial charge < -0.3 is 4.74 Å². The van der Waals surface area contributed by atoms with Gasteiger partial charge >= 0.3 is 5.97 Å². The summed E-state index contributed by atoms with van der Waals surface area (Å²) in [5.74, 6) is 0.238. The van der Waals surface area contributed by atoms with Crippen LogP contribution in [-0.4, -0.2) is 23.6 Å².